The highest BCUT2D eigenvalue weighted by molar-refractivity contribution is 7.91. The van der Waals surface area contributed by atoms with Gasteiger partial charge in [0.05, 0.1) is 9.79 Å². The van der Waals surface area contributed by atoms with E-state index in [0.717, 1.165) is 0 Å². The first-order chi connectivity index (χ1) is 12.4. The van der Waals surface area contributed by atoms with Crippen LogP contribution in [0.25, 0.3) is 16.7 Å². The van der Waals surface area contributed by atoms with Crippen molar-refractivity contribution in [3.8, 4) is 11.4 Å². The lowest BCUT2D eigenvalue weighted by molar-refractivity contribution is 0.468. The summed E-state index contributed by atoms with van der Waals surface area (Å²) in [6.45, 7) is 0. The molecule has 0 atom stereocenters. The molecular weight excluding hydrogens is 352 g/mol. The lowest BCUT2D eigenvalue weighted by Crippen LogP contribution is -2.01. The van der Waals surface area contributed by atoms with Crippen molar-refractivity contribution >= 4 is 26.6 Å². The lowest BCUT2D eigenvalue weighted by Gasteiger charge is -2.03. The van der Waals surface area contributed by atoms with Gasteiger partial charge in [0, 0.05) is 5.69 Å². The fraction of sp³-hybridized carbons (Fsp3) is 0. The van der Waals surface area contributed by atoms with Gasteiger partial charge in [-0.15, -0.1) is 15.0 Å². The third-order valence-electron chi connectivity index (χ3n) is 3.93. The molecule has 0 aliphatic heterocycles. The summed E-state index contributed by atoms with van der Waals surface area (Å²) in [6, 6.07) is 17.3. The molecule has 3 aromatic carbocycles. The van der Waals surface area contributed by atoms with Gasteiger partial charge in [-0.05, 0) is 48.5 Å². The first-order valence-electron chi connectivity index (χ1n) is 7.71. The zero-order chi connectivity index (χ0) is 18.3. The highest BCUT2D eigenvalue weighted by atomic mass is 32.2. The molecule has 0 radical (unpaired) electrons. The largest absolute Gasteiger partial charge is 0.506 e. The molecule has 0 aliphatic carbocycles. The van der Waals surface area contributed by atoms with E-state index in [1.165, 1.54) is 29.1 Å². The Kier molecular flexibility index (Phi) is 3.62. The molecule has 1 heterocycles. The van der Waals surface area contributed by atoms with Gasteiger partial charge in [0.1, 0.15) is 22.5 Å². The van der Waals surface area contributed by atoms with Gasteiger partial charge in [0.25, 0.3) is 0 Å². The lowest BCUT2D eigenvalue weighted by atomic mass is 10.2. The highest BCUT2D eigenvalue weighted by Gasteiger charge is 2.19. The topological polar surface area (TPSA) is 111 Å². The maximum atomic E-state index is 12.7. The van der Waals surface area contributed by atoms with Crippen LogP contribution in [0.3, 0.4) is 0 Å². The van der Waals surface area contributed by atoms with Crippen LogP contribution in [0.15, 0.2) is 76.5 Å². The minimum Gasteiger partial charge on any atom is -0.506 e. The number of aromatic nitrogens is 3. The third kappa shape index (κ3) is 2.66. The van der Waals surface area contributed by atoms with Crippen LogP contribution in [-0.4, -0.2) is 28.5 Å². The number of fused-ring (bicyclic) bond motifs is 1. The summed E-state index contributed by atoms with van der Waals surface area (Å²) in [4.78, 5) is 1.57. The van der Waals surface area contributed by atoms with E-state index in [2.05, 4.69) is 10.2 Å². The SMILES string of the molecule is Nc1ccc(O)c(-n2nc3ccc(S(=O)(=O)c4ccccc4)cc3n2)c1. The van der Waals surface area contributed by atoms with E-state index in [1.807, 2.05) is 0 Å². The number of benzene rings is 3. The van der Waals surface area contributed by atoms with Gasteiger partial charge < -0.3 is 10.8 Å². The second kappa shape index (κ2) is 5.85. The molecule has 26 heavy (non-hydrogen) atoms. The predicted octanol–water partition coefficient (Wildman–Crippen LogP) is 2.54. The van der Waals surface area contributed by atoms with Crippen molar-refractivity contribution in [3.05, 3.63) is 66.7 Å². The highest BCUT2D eigenvalue weighted by Crippen LogP contribution is 2.26. The van der Waals surface area contributed by atoms with Gasteiger partial charge in [0.2, 0.25) is 9.84 Å². The van der Waals surface area contributed by atoms with Crippen molar-refractivity contribution in [2.45, 2.75) is 9.79 Å². The van der Waals surface area contributed by atoms with E-state index in [1.54, 1.807) is 42.5 Å². The summed E-state index contributed by atoms with van der Waals surface area (Å²) in [5.41, 5.74) is 7.40. The van der Waals surface area contributed by atoms with E-state index in [0.29, 0.717) is 22.4 Å². The summed E-state index contributed by atoms with van der Waals surface area (Å²) < 4.78 is 25.5. The van der Waals surface area contributed by atoms with Crippen molar-refractivity contribution < 1.29 is 13.5 Å². The Labute approximate surface area is 149 Å². The third-order valence-corrected chi connectivity index (χ3v) is 5.70. The molecule has 0 aliphatic rings. The number of hydrogen-bond donors (Lipinski definition) is 2. The molecule has 7 nitrogen and oxygen atoms in total. The molecule has 0 spiro atoms. The Balaban J connectivity index is 1.83. The van der Waals surface area contributed by atoms with Gasteiger partial charge >= 0.3 is 0 Å². The fourth-order valence-electron chi connectivity index (χ4n) is 2.61. The number of sulfone groups is 1. The minimum absolute atomic E-state index is 0.0309. The quantitative estimate of drug-likeness (QED) is 0.426. The Morgan fingerprint density at radius 1 is 0.846 bits per heavy atom. The van der Waals surface area contributed by atoms with Crippen molar-refractivity contribution in [1.29, 1.82) is 0 Å². The van der Waals surface area contributed by atoms with Crippen LogP contribution in [0.1, 0.15) is 0 Å². The smallest absolute Gasteiger partial charge is 0.206 e. The van der Waals surface area contributed by atoms with Crippen molar-refractivity contribution in [2.75, 3.05) is 5.73 Å². The Bertz CT molecular complexity index is 1220. The average Bonchev–Trinajstić information content (AvgIpc) is 3.07. The van der Waals surface area contributed by atoms with Crippen LogP contribution >= 0.6 is 0 Å². The molecular formula is C18H14N4O3S. The van der Waals surface area contributed by atoms with Gasteiger partial charge in [0.15, 0.2) is 0 Å². The summed E-state index contributed by atoms with van der Waals surface area (Å²) in [5.74, 6) is -0.0309. The summed E-state index contributed by atoms with van der Waals surface area (Å²) in [7, 11) is -3.65. The summed E-state index contributed by atoms with van der Waals surface area (Å²) in [5, 5.41) is 18.5. The van der Waals surface area contributed by atoms with E-state index >= 15 is 0 Å². The number of hydrogen-bond acceptors (Lipinski definition) is 6. The van der Waals surface area contributed by atoms with Gasteiger partial charge in [-0.25, -0.2) is 8.42 Å². The molecule has 0 saturated heterocycles. The molecule has 0 bridgehead atoms. The van der Waals surface area contributed by atoms with Gasteiger partial charge in [-0.2, -0.15) is 0 Å². The monoisotopic (exact) mass is 366 g/mol. The first kappa shape index (κ1) is 16.1. The molecule has 4 rings (SSSR count). The molecule has 4 aromatic rings. The number of nitrogens with zero attached hydrogens (tertiary/aromatic N) is 3. The Morgan fingerprint density at radius 2 is 1.58 bits per heavy atom. The number of nitrogen functional groups attached to an aromatic ring is 1. The maximum absolute atomic E-state index is 12.7. The number of nitrogens with two attached hydrogens (primary N) is 1. The fourth-order valence-corrected chi connectivity index (χ4v) is 3.91. The number of rotatable bonds is 3. The van der Waals surface area contributed by atoms with Gasteiger partial charge in [-0.1, -0.05) is 18.2 Å². The van der Waals surface area contributed by atoms with Crippen LogP contribution in [0.4, 0.5) is 5.69 Å². The molecule has 0 unspecified atom stereocenters. The molecule has 0 amide bonds. The number of phenolic OH excluding ortho intramolecular Hbond substituents is 1. The van der Waals surface area contributed by atoms with Crippen molar-refractivity contribution in [2.24, 2.45) is 0 Å². The van der Waals surface area contributed by atoms with Crippen LogP contribution in [0.5, 0.6) is 5.75 Å². The number of aromatic hydroxyl groups is 1. The molecule has 0 fully saturated rings. The second-order valence-electron chi connectivity index (χ2n) is 5.70. The van der Waals surface area contributed by atoms with E-state index in [-0.39, 0.29) is 15.5 Å². The maximum Gasteiger partial charge on any atom is 0.206 e. The van der Waals surface area contributed by atoms with E-state index in [9.17, 15) is 13.5 Å². The number of phenols is 1. The summed E-state index contributed by atoms with van der Waals surface area (Å²) in [6.07, 6.45) is 0. The zero-order valence-electron chi connectivity index (χ0n) is 13.4. The van der Waals surface area contributed by atoms with Crippen LogP contribution in [-0.2, 0) is 9.84 Å². The molecule has 1 aromatic heterocycles. The van der Waals surface area contributed by atoms with Crippen molar-refractivity contribution in [1.82, 2.24) is 15.0 Å². The van der Waals surface area contributed by atoms with Gasteiger partial charge in [-0.3, -0.25) is 0 Å². The normalized spacial score (nSPS) is 11.7. The minimum atomic E-state index is -3.65. The van der Waals surface area contributed by atoms with Crippen LogP contribution < -0.4 is 5.73 Å². The molecule has 130 valence electrons. The zero-order valence-corrected chi connectivity index (χ0v) is 14.3. The standard InChI is InChI=1S/C18H14N4O3S/c19-12-6-9-18(23)17(10-12)22-20-15-8-7-14(11-16(15)21-22)26(24,25)13-4-2-1-3-5-13/h1-11,23H,19H2. The summed E-state index contributed by atoms with van der Waals surface area (Å²) >= 11 is 0. The van der Waals surface area contributed by atoms with E-state index in [4.69, 9.17) is 5.73 Å². The van der Waals surface area contributed by atoms with Crippen molar-refractivity contribution in [3.63, 3.8) is 0 Å². The average molecular weight is 366 g/mol. The van der Waals surface area contributed by atoms with Crippen LogP contribution in [0, 0.1) is 0 Å². The number of anilines is 1. The molecule has 3 N–H and O–H groups in total. The molecule has 0 saturated carbocycles. The second-order valence-corrected chi connectivity index (χ2v) is 7.65. The molecule has 8 heteroatoms. The van der Waals surface area contributed by atoms with E-state index < -0.39 is 9.84 Å². The Morgan fingerprint density at radius 3 is 2.35 bits per heavy atom. The first-order valence-corrected chi connectivity index (χ1v) is 9.19. The Hall–Kier alpha value is -3.39. The predicted molar refractivity (Wildman–Crippen MR) is 96.8 cm³/mol. The van der Waals surface area contributed by atoms with Crippen LogP contribution in [0.2, 0.25) is 0 Å².